The second-order valence-corrected chi connectivity index (χ2v) is 18.7. The highest BCUT2D eigenvalue weighted by Gasteiger charge is 2.58. The van der Waals surface area contributed by atoms with E-state index in [2.05, 4.69) is 13.8 Å². The Hall–Kier alpha value is -5.67. The lowest BCUT2D eigenvalue weighted by Gasteiger charge is -2.43. The molecule has 0 radical (unpaired) electrons. The minimum absolute atomic E-state index is 0.407. The highest BCUT2D eigenvalue weighted by Crippen LogP contribution is 2.77. The van der Waals surface area contributed by atoms with E-state index in [9.17, 15) is 0 Å². The van der Waals surface area contributed by atoms with Gasteiger partial charge in [-0.3, -0.25) is 0 Å². The summed E-state index contributed by atoms with van der Waals surface area (Å²) < 4.78 is 36.3. The van der Waals surface area contributed by atoms with Gasteiger partial charge in [-0.25, -0.2) is 0 Å². The molecular weight excluding hydrogens is 791 g/mol. The molecule has 0 aliphatic carbocycles. The van der Waals surface area contributed by atoms with E-state index in [1.54, 1.807) is 102 Å². The van der Waals surface area contributed by atoms with E-state index in [-0.39, 0.29) is 0 Å². The molecule has 1 aliphatic heterocycles. The van der Waals surface area contributed by atoms with Crippen LogP contribution in [0.25, 0.3) is 0 Å². The summed E-state index contributed by atoms with van der Waals surface area (Å²) in [5, 5.41) is 0. The third-order valence-corrected chi connectivity index (χ3v) is 15.3. The fourth-order valence-corrected chi connectivity index (χ4v) is 13.1. The van der Waals surface area contributed by atoms with Crippen molar-refractivity contribution in [2.45, 2.75) is 39.5 Å². The SMILES string of the molecule is CCCc1ccc(OP2(Oc3ccc(CCC)cc3)=NP(Oc3ccc(N)cc3)N(Oc3ccc(N)cc3)P(Oc3ccc(N)cc3)N2Oc2ccc(N)cc2)cc1. The third-order valence-electron chi connectivity index (χ3n) is 8.49. The van der Waals surface area contributed by atoms with Crippen molar-refractivity contribution in [3.05, 3.63) is 157 Å². The van der Waals surface area contributed by atoms with Gasteiger partial charge in [0, 0.05) is 32.0 Å². The maximum Gasteiger partial charge on any atom is 0.447 e. The average Bonchev–Trinajstić information content (AvgIpc) is 3.22. The molecule has 7 rings (SSSR count). The first-order chi connectivity index (χ1) is 28.2. The van der Waals surface area contributed by atoms with Gasteiger partial charge in [-0.2, -0.15) is 0 Å². The number of rotatable bonds is 16. The Morgan fingerprint density at radius 2 is 0.828 bits per heavy atom. The molecule has 0 amide bonds. The Labute approximate surface area is 341 Å². The summed E-state index contributed by atoms with van der Waals surface area (Å²) in [7, 11) is -8.41. The first-order valence-electron chi connectivity index (χ1n) is 18.7. The summed E-state index contributed by atoms with van der Waals surface area (Å²) in [5.74, 6) is 2.74. The van der Waals surface area contributed by atoms with Crippen molar-refractivity contribution in [3.8, 4) is 34.5 Å². The molecule has 0 saturated carbocycles. The molecule has 8 N–H and O–H groups in total. The number of hydrogen-bond donors (Lipinski definition) is 4. The predicted octanol–water partition coefficient (Wildman–Crippen LogP) is 11.5. The minimum atomic E-state index is -3.92. The molecule has 0 saturated heterocycles. The van der Waals surface area contributed by atoms with Gasteiger partial charge in [0.25, 0.3) is 0 Å². The van der Waals surface area contributed by atoms with Gasteiger partial charge in [-0.15, -0.1) is 4.52 Å². The van der Waals surface area contributed by atoms with E-state index in [0.29, 0.717) is 57.2 Å². The van der Waals surface area contributed by atoms with E-state index in [0.717, 1.165) is 36.8 Å². The van der Waals surface area contributed by atoms with Gasteiger partial charge in [-0.1, -0.05) is 51.0 Å². The van der Waals surface area contributed by atoms with Crippen molar-refractivity contribution in [2.75, 3.05) is 22.9 Å². The summed E-state index contributed by atoms with van der Waals surface area (Å²) in [6.45, 7) is 4.28. The van der Waals surface area contributed by atoms with Gasteiger partial charge in [0.15, 0.2) is 0 Å². The van der Waals surface area contributed by atoms with Gasteiger partial charge in [0.1, 0.15) is 34.5 Å². The standard InChI is InChI=1S/C42H46N7O6P3/c1-3-5-31-7-19-41(20-8-31)54-58(55-42-21-9-32(6-4-2)10-22-42)47-56(52-39-27-15-35(45)16-28-39)48(50-37-23-11-33(43)12-24-37)57(53-40-29-17-36(46)18-30-40)49(58)51-38-25-13-34(44)14-26-38/h7-30H,3-6,43-46H2,1-2H3. The Morgan fingerprint density at radius 3 is 1.24 bits per heavy atom. The van der Waals surface area contributed by atoms with Crippen LogP contribution < -0.4 is 50.7 Å². The second-order valence-electron chi connectivity index (χ2n) is 13.2. The molecular formula is C42H46N7O6P3. The molecule has 0 spiro atoms. The van der Waals surface area contributed by atoms with Crippen LogP contribution in [-0.2, 0) is 12.8 Å². The van der Waals surface area contributed by atoms with Crippen molar-refractivity contribution in [1.29, 1.82) is 0 Å². The van der Waals surface area contributed by atoms with Crippen molar-refractivity contribution < 1.29 is 27.8 Å². The van der Waals surface area contributed by atoms with Crippen LogP contribution in [0.5, 0.6) is 34.5 Å². The molecule has 2 unspecified atom stereocenters. The molecule has 1 aliphatic rings. The van der Waals surface area contributed by atoms with E-state index in [1.807, 2.05) is 48.5 Å². The molecule has 0 fully saturated rings. The van der Waals surface area contributed by atoms with E-state index < -0.39 is 24.6 Å². The van der Waals surface area contributed by atoms with E-state index in [4.69, 9.17) is 55.2 Å². The summed E-state index contributed by atoms with van der Waals surface area (Å²) in [5.41, 5.74) is 29.0. The second kappa shape index (κ2) is 18.7. The average molecular weight is 838 g/mol. The van der Waals surface area contributed by atoms with Crippen molar-refractivity contribution >= 4 is 47.3 Å². The smallest absolute Gasteiger partial charge is 0.440 e. The Kier molecular flexibility index (Phi) is 13.1. The Balaban J connectivity index is 1.47. The third kappa shape index (κ3) is 10.2. The molecule has 1 heterocycles. The molecule has 6 aromatic rings. The monoisotopic (exact) mass is 837 g/mol. The van der Waals surface area contributed by atoms with Crippen LogP contribution in [0.3, 0.4) is 0 Å². The first-order valence-corrected chi connectivity index (χ1v) is 22.6. The fourth-order valence-electron chi connectivity index (χ4n) is 5.57. The number of aryl methyl sites for hydroxylation is 2. The quantitative estimate of drug-likeness (QED) is 0.0536. The van der Waals surface area contributed by atoms with Gasteiger partial charge in [0.05, 0.1) is 0 Å². The molecule has 16 heteroatoms. The van der Waals surface area contributed by atoms with Crippen LogP contribution in [0, 0.1) is 0 Å². The predicted molar refractivity (Wildman–Crippen MR) is 235 cm³/mol. The lowest BCUT2D eigenvalue weighted by molar-refractivity contribution is 0.0546. The van der Waals surface area contributed by atoms with Crippen LogP contribution in [0.1, 0.15) is 37.8 Å². The van der Waals surface area contributed by atoms with Crippen LogP contribution >= 0.6 is 24.6 Å². The lowest BCUT2D eigenvalue weighted by Crippen LogP contribution is -2.37. The molecule has 58 heavy (non-hydrogen) atoms. The maximum atomic E-state index is 7.09. The Morgan fingerprint density at radius 1 is 0.466 bits per heavy atom. The largest absolute Gasteiger partial charge is 0.447 e. The van der Waals surface area contributed by atoms with Gasteiger partial charge in [0.2, 0.25) is 0 Å². The fraction of sp³-hybridized carbons (Fsp3) is 0.143. The summed E-state index contributed by atoms with van der Waals surface area (Å²) in [6.07, 6.45) is 3.82. The molecule has 0 aromatic heterocycles. The number of hydrogen-bond acceptors (Lipinski definition) is 13. The van der Waals surface area contributed by atoms with Crippen LogP contribution in [0.4, 0.5) is 22.7 Å². The summed E-state index contributed by atoms with van der Waals surface area (Å²) >= 11 is 0. The number of nitrogen functional groups attached to an aromatic ring is 4. The minimum Gasteiger partial charge on any atom is -0.440 e. The van der Waals surface area contributed by atoms with Crippen molar-refractivity contribution in [3.63, 3.8) is 0 Å². The van der Waals surface area contributed by atoms with E-state index in [1.165, 1.54) is 4.60 Å². The van der Waals surface area contributed by atoms with Gasteiger partial charge >= 0.3 is 24.6 Å². The summed E-state index contributed by atoms with van der Waals surface area (Å²) in [6, 6.07) is 43.7. The van der Waals surface area contributed by atoms with Gasteiger partial charge < -0.3 is 50.7 Å². The lowest BCUT2D eigenvalue weighted by atomic mass is 10.1. The zero-order chi connectivity index (χ0) is 40.5. The van der Waals surface area contributed by atoms with Crippen LogP contribution in [0.2, 0.25) is 0 Å². The number of benzene rings is 6. The molecule has 2 atom stereocenters. The van der Waals surface area contributed by atoms with E-state index >= 15 is 0 Å². The number of nitrogens with two attached hydrogens (primary N) is 4. The van der Waals surface area contributed by atoms with Crippen LogP contribution in [-0.4, -0.2) is 9.21 Å². The molecule has 6 aromatic carbocycles. The zero-order valence-corrected chi connectivity index (χ0v) is 34.8. The maximum absolute atomic E-state index is 7.09. The summed E-state index contributed by atoms with van der Waals surface area (Å²) in [4.78, 5) is 13.6. The zero-order valence-electron chi connectivity index (χ0n) is 32.1. The normalized spacial score (nSPS) is 16.4. The molecule has 300 valence electrons. The van der Waals surface area contributed by atoms with Crippen LogP contribution in [0.15, 0.2) is 150 Å². The number of anilines is 4. The van der Waals surface area contributed by atoms with Gasteiger partial charge in [-0.05, 0) is 145 Å². The number of nitrogens with zero attached hydrogens (tertiary/aromatic N) is 3. The molecule has 0 bridgehead atoms. The topological polar surface area (TPSA) is 178 Å². The first kappa shape index (κ1) is 40.5. The highest BCUT2D eigenvalue weighted by atomic mass is 31.3. The highest BCUT2D eigenvalue weighted by molar-refractivity contribution is 7.78. The Bertz CT molecular complexity index is 2230. The van der Waals surface area contributed by atoms with Crippen molar-refractivity contribution in [2.24, 2.45) is 4.52 Å². The van der Waals surface area contributed by atoms with Crippen molar-refractivity contribution in [1.82, 2.24) is 9.21 Å². The molecule has 13 nitrogen and oxygen atoms in total.